The van der Waals surface area contributed by atoms with Crippen molar-refractivity contribution in [3.8, 4) is 23.0 Å². The molecule has 8 heteroatoms. The van der Waals surface area contributed by atoms with Crippen molar-refractivity contribution in [1.82, 2.24) is 10.2 Å². The predicted molar refractivity (Wildman–Crippen MR) is 116 cm³/mol. The van der Waals surface area contributed by atoms with Gasteiger partial charge in [-0.1, -0.05) is 29.8 Å². The van der Waals surface area contributed by atoms with E-state index >= 15 is 0 Å². The van der Waals surface area contributed by atoms with Crippen LogP contribution in [0, 0.1) is 5.82 Å². The van der Waals surface area contributed by atoms with Crippen LogP contribution >= 0.6 is 11.6 Å². The first kappa shape index (κ1) is 20.7. The van der Waals surface area contributed by atoms with Crippen LogP contribution in [-0.2, 0) is 0 Å². The lowest BCUT2D eigenvalue weighted by molar-refractivity contribution is 0.355. The van der Waals surface area contributed by atoms with Crippen LogP contribution in [0.25, 0.3) is 11.5 Å². The highest BCUT2D eigenvalue weighted by molar-refractivity contribution is 6.30. The molecule has 1 aromatic heterocycles. The standard InChI is InChI=1S/C23H19ClFN3O3/c1-29-19-11-10-18(13-20(19)30-2)26-21(14-6-8-16(24)9-7-14)23-28-27-22(31-23)15-4-3-5-17(25)12-15/h3-13,21,26H,1-2H3. The Morgan fingerprint density at radius 3 is 2.42 bits per heavy atom. The lowest BCUT2D eigenvalue weighted by Crippen LogP contribution is -2.13. The number of nitrogens with one attached hydrogen (secondary N) is 1. The summed E-state index contributed by atoms with van der Waals surface area (Å²) in [6, 6.07) is 18.3. The van der Waals surface area contributed by atoms with E-state index in [1.54, 1.807) is 44.6 Å². The maximum absolute atomic E-state index is 13.6. The minimum atomic E-state index is -0.481. The van der Waals surface area contributed by atoms with Gasteiger partial charge in [-0.05, 0) is 48.0 Å². The van der Waals surface area contributed by atoms with E-state index in [1.165, 1.54) is 12.1 Å². The largest absolute Gasteiger partial charge is 0.493 e. The average Bonchev–Trinajstić information content (AvgIpc) is 3.28. The first-order valence-electron chi connectivity index (χ1n) is 9.40. The van der Waals surface area contributed by atoms with E-state index in [9.17, 15) is 4.39 Å². The van der Waals surface area contributed by atoms with E-state index in [-0.39, 0.29) is 11.7 Å². The monoisotopic (exact) mass is 439 g/mol. The first-order valence-corrected chi connectivity index (χ1v) is 9.78. The third kappa shape index (κ3) is 4.62. The lowest BCUT2D eigenvalue weighted by atomic mass is 10.1. The van der Waals surface area contributed by atoms with Crippen LogP contribution in [0.5, 0.6) is 11.5 Å². The summed E-state index contributed by atoms with van der Waals surface area (Å²) in [5.74, 6) is 1.35. The molecule has 0 saturated heterocycles. The van der Waals surface area contributed by atoms with Crippen LogP contribution in [0.4, 0.5) is 10.1 Å². The molecule has 0 radical (unpaired) electrons. The van der Waals surface area contributed by atoms with Crippen molar-refractivity contribution >= 4 is 17.3 Å². The Labute approximate surface area is 183 Å². The van der Waals surface area contributed by atoms with Crippen molar-refractivity contribution in [2.75, 3.05) is 19.5 Å². The van der Waals surface area contributed by atoms with E-state index in [0.29, 0.717) is 28.0 Å². The number of nitrogens with zero attached hydrogens (tertiary/aromatic N) is 2. The Morgan fingerprint density at radius 1 is 0.935 bits per heavy atom. The molecule has 1 heterocycles. The highest BCUT2D eigenvalue weighted by Gasteiger charge is 2.22. The summed E-state index contributed by atoms with van der Waals surface area (Å²) in [6.45, 7) is 0. The molecule has 0 spiro atoms. The number of benzene rings is 3. The number of ether oxygens (including phenoxy) is 2. The van der Waals surface area contributed by atoms with Crippen LogP contribution < -0.4 is 14.8 Å². The van der Waals surface area contributed by atoms with E-state index < -0.39 is 6.04 Å². The Bertz CT molecular complexity index is 1180. The molecule has 4 rings (SSSR count). The molecule has 0 bridgehead atoms. The maximum atomic E-state index is 13.6. The Balaban J connectivity index is 1.71. The van der Waals surface area contributed by atoms with Crippen molar-refractivity contribution in [3.63, 3.8) is 0 Å². The van der Waals surface area contributed by atoms with Crippen LogP contribution in [-0.4, -0.2) is 24.4 Å². The van der Waals surface area contributed by atoms with Gasteiger partial charge in [0.2, 0.25) is 11.8 Å². The smallest absolute Gasteiger partial charge is 0.247 e. The molecule has 0 aliphatic rings. The van der Waals surface area contributed by atoms with Crippen LogP contribution in [0.3, 0.4) is 0 Å². The molecular weight excluding hydrogens is 421 g/mol. The molecule has 3 aromatic carbocycles. The fourth-order valence-electron chi connectivity index (χ4n) is 3.12. The highest BCUT2D eigenvalue weighted by Crippen LogP contribution is 2.34. The van der Waals surface area contributed by atoms with Gasteiger partial charge in [0.1, 0.15) is 11.9 Å². The predicted octanol–water partition coefficient (Wildman–Crippen LogP) is 5.75. The SMILES string of the molecule is COc1ccc(NC(c2ccc(Cl)cc2)c2nnc(-c3cccc(F)c3)o2)cc1OC. The zero-order chi connectivity index (χ0) is 21.8. The summed E-state index contributed by atoms with van der Waals surface area (Å²) >= 11 is 6.06. The Morgan fingerprint density at radius 2 is 1.71 bits per heavy atom. The molecule has 1 N–H and O–H groups in total. The molecule has 4 aromatic rings. The summed E-state index contributed by atoms with van der Waals surface area (Å²) in [5.41, 5.74) is 2.11. The summed E-state index contributed by atoms with van der Waals surface area (Å²) in [5, 5.41) is 12.3. The molecule has 0 aliphatic heterocycles. The molecule has 31 heavy (non-hydrogen) atoms. The van der Waals surface area contributed by atoms with E-state index in [0.717, 1.165) is 11.3 Å². The highest BCUT2D eigenvalue weighted by atomic mass is 35.5. The number of anilines is 1. The molecule has 1 unspecified atom stereocenters. The van der Waals surface area contributed by atoms with Gasteiger partial charge >= 0.3 is 0 Å². The van der Waals surface area contributed by atoms with Crippen molar-refractivity contribution in [1.29, 1.82) is 0 Å². The van der Waals surface area contributed by atoms with Gasteiger partial charge in [0.25, 0.3) is 0 Å². The molecule has 6 nitrogen and oxygen atoms in total. The molecular formula is C23H19ClFN3O3. The van der Waals surface area contributed by atoms with Crippen molar-refractivity contribution < 1.29 is 18.3 Å². The molecule has 0 saturated carbocycles. The number of halogens is 2. The van der Waals surface area contributed by atoms with Gasteiger partial charge in [-0.2, -0.15) is 0 Å². The zero-order valence-electron chi connectivity index (χ0n) is 16.8. The number of hydrogen-bond acceptors (Lipinski definition) is 6. The molecule has 158 valence electrons. The van der Waals surface area contributed by atoms with Gasteiger partial charge in [-0.3, -0.25) is 0 Å². The first-order chi connectivity index (χ1) is 15.1. The second-order valence-corrected chi connectivity index (χ2v) is 7.09. The number of aromatic nitrogens is 2. The van der Waals surface area contributed by atoms with Gasteiger partial charge in [-0.25, -0.2) is 4.39 Å². The lowest BCUT2D eigenvalue weighted by Gasteiger charge is -2.18. The summed E-state index contributed by atoms with van der Waals surface area (Å²) in [4.78, 5) is 0. The van der Waals surface area contributed by atoms with Crippen LogP contribution in [0.15, 0.2) is 71.1 Å². The molecule has 1 atom stereocenters. The van der Waals surface area contributed by atoms with Gasteiger partial charge < -0.3 is 19.2 Å². The third-order valence-corrected chi connectivity index (χ3v) is 4.91. The fraction of sp³-hybridized carbons (Fsp3) is 0.130. The van der Waals surface area contributed by atoms with Crippen LogP contribution in [0.2, 0.25) is 5.02 Å². The number of hydrogen-bond donors (Lipinski definition) is 1. The topological polar surface area (TPSA) is 69.4 Å². The quantitative estimate of drug-likeness (QED) is 0.395. The zero-order valence-corrected chi connectivity index (χ0v) is 17.6. The minimum Gasteiger partial charge on any atom is -0.493 e. The van der Waals surface area contributed by atoms with Crippen molar-refractivity contribution in [3.05, 3.63) is 89.0 Å². The average molecular weight is 440 g/mol. The second kappa shape index (κ2) is 9.06. The van der Waals surface area contributed by atoms with E-state index in [1.807, 2.05) is 24.3 Å². The maximum Gasteiger partial charge on any atom is 0.247 e. The normalized spacial score (nSPS) is 11.7. The summed E-state index contributed by atoms with van der Waals surface area (Å²) in [6.07, 6.45) is 0. The van der Waals surface area contributed by atoms with Crippen molar-refractivity contribution in [2.24, 2.45) is 0 Å². The van der Waals surface area contributed by atoms with Crippen molar-refractivity contribution in [2.45, 2.75) is 6.04 Å². The number of methoxy groups -OCH3 is 2. The molecule has 0 aliphatic carbocycles. The number of rotatable bonds is 7. The molecule has 0 fully saturated rings. The fourth-order valence-corrected chi connectivity index (χ4v) is 3.25. The van der Waals surface area contributed by atoms with E-state index in [4.69, 9.17) is 25.5 Å². The van der Waals surface area contributed by atoms with Gasteiger partial charge in [0.05, 0.1) is 14.2 Å². The van der Waals surface area contributed by atoms with Gasteiger partial charge in [0, 0.05) is 22.3 Å². The van der Waals surface area contributed by atoms with Gasteiger partial charge in [-0.15, -0.1) is 10.2 Å². The Kier molecular flexibility index (Phi) is 6.04. The third-order valence-electron chi connectivity index (χ3n) is 4.66. The second-order valence-electron chi connectivity index (χ2n) is 6.65. The minimum absolute atomic E-state index is 0.225. The van der Waals surface area contributed by atoms with Gasteiger partial charge in [0.15, 0.2) is 11.5 Å². The van der Waals surface area contributed by atoms with E-state index in [2.05, 4.69) is 15.5 Å². The van der Waals surface area contributed by atoms with Crippen LogP contribution in [0.1, 0.15) is 17.5 Å². The Hall–Kier alpha value is -3.58. The summed E-state index contributed by atoms with van der Waals surface area (Å²) < 4.78 is 30.2. The molecule has 0 amide bonds. The summed E-state index contributed by atoms with van der Waals surface area (Å²) in [7, 11) is 3.15.